The molecule has 1 amide bonds. The quantitative estimate of drug-likeness (QED) is 0.175. The SMILES string of the molecule is COc1c(F)ccc2c1CCC2Nc1nccc2cc(-c3c4c(nc(CCc5cccc(F)c5)c3-c3n[nH]c(=O)o3)C35CC(CN3C4=O)C5)sc12. The Labute approximate surface area is 293 Å². The number of carbonyl (C=O) groups is 1. The van der Waals surface area contributed by atoms with Crippen molar-refractivity contribution in [1.82, 2.24) is 25.1 Å². The number of pyridine rings is 2. The molecule has 1 spiro atoms. The predicted octanol–water partition coefficient (Wildman–Crippen LogP) is 6.95. The van der Waals surface area contributed by atoms with Gasteiger partial charge in [0.1, 0.15) is 11.6 Å². The maximum atomic E-state index is 14.5. The largest absolute Gasteiger partial charge is 0.493 e. The van der Waals surface area contributed by atoms with E-state index in [1.807, 2.05) is 23.1 Å². The average molecular weight is 705 g/mol. The second kappa shape index (κ2) is 11.0. The van der Waals surface area contributed by atoms with Crippen molar-refractivity contribution in [2.24, 2.45) is 5.92 Å². The van der Waals surface area contributed by atoms with Gasteiger partial charge in [-0.2, -0.15) is 0 Å². The Bertz CT molecular complexity index is 2500. The summed E-state index contributed by atoms with van der Waals surface area (Å²) in [7, 11) is 1.48. The van der Waals surface area contributed by atoms with Crippen molar-refractivity contribution >= 4 is 33.1 Å². The molecule has 13 heteroatoms. The van der Waals surface area contributed by atoms with E-state index < -0.39 is 11.3 Å². The monoisotopic (exact) mass is 704 g/mol. The number of nitrogens with zero attached hydrogens (tertiary/aromatic N) is 4. The Morgan fingerprint density at radius 2 is 1.98 bits per heavy atom. The van der Waals surface area contributed by atoms with Crippen molar-refractivity contribution in [3.8, 4) is 27.6 Å². The Morgan fingerprint density at radius 3 is 2.78 bits per heavy atom. The summed E-state index contributed by atoms with van der Waals surface area (Å²) < 4.78 is 40.6. The zero-order valence-electron chi connectivity index (χ0n) is 27.4. The number of amides is 1. The van der Waals surface area contributed by atoms with Crippen LogP contribution in [0.5, 0.6) is 5.75 Å². The maximum Gasteiger partial charge on any atom is 0.434 e. The number of hydrogen-bond donors (Lipinski definition) is 2. The van der Waals surface area contributed by atoms with E-state index >= 15 is 0 Å². The molecule has 2 aromatic carbocycles. The van der Waals surface area contributed by atoms with Crippen LogP contribution in [0, 0.1) is 17.6 Å². The lowest BCUT2D eigenvalue weighted by atomic mass is 9.71. The van der Waals surface area contributed by atoms with Gasteiger partial charge < -0.3 is 19.4 Å². The van der Waals surface area contributed by atoms with Crippen LogP contribution < -0.4 is 15.8 Å². The smallest absolute Gasteiger partial charge is 0.434 e. The number of hydrogen-bond acceptors (Lipinski definition) is 9. The Kier molecular flexibility index (Phi) is 6.58. The van der Waals surface area contributed by atoms with E-state index in [0.29, 0.717) is 59.9 Å². The molecule has 51 heavy (non-hydrogen) atoms. The number of nitrogens with one attached hydrogen (secondary N) is 2. The first-order chi connectivity index (χ1) is 24.8. The number of rotatable bonds is 8. The number of benzene rings is 2. The molecule has 5 aliphatic rings. The van der Waals surface area contributed by atoms with Crippen molar-refractivity contribution in [3.63, 3.8) is 0 Å². The van der Waals surface area contributed by atoms with Crippen LogP contribution in [0.15, 0.2) is 63.9 Å². The molecule has 3 aliphatic heterocycles. The van der Waals surface area contributed by atoms with Crippen molar-refractivity contribution < 1.29 is 22.7 Å². The van der Waals surface area contributed by atoms with Crippen LogP contribution in [0.2, 0.25) is 0 Å². The third kappa shape index (κ3) is 4.46. The van der Waals surface area contributed by atoms with Gasteiger partial charge in [0.25, 0.3) is 11.8 Å². The van der Waals surface area contributed by atoms with Crippen molar-refractivity contribution in [1.29, 1.82) is 0 Å². The zero-order chi connectivity index (χ0) is 34.6. The number of thiophene rings is 1. The van der Waals surface area contributed by atoms with E-state index in [2.05, 4.69) is 15.5 Å². The number of halogens is 2. The summed E-state index contributed by atoms with van der Waals surface area (Å²) >= 11 is 1.48. The lowest BCUT2D eigenvalue weighted by Crippen LogP contribution is -2.40. The van der Waals surface area contributed by atoms with Crippen LogP contribution in [0.3, 0.4) is 0 Å². The maximum absolute atomic E-state index is 14.5. The molecule has 1 unspecified atom stereocenters. The molecule has 3 fully saturated rings. The fraction of sp³-hybridized carbons (Fsp3) is 0.289. The number of fused-ring (bicyclic) bond motifs is 3. The highest BCUT2D eigenvalue weighted by molar-refractivity contribution is 7.23. The summed E-state index contributed by atoms with van der Waals surface area (Å²) in [5.74, 6) is -0.0643. The minimum atomic E-state index is -0.722. The lowest BCUT2D eigenvalue weighted by molar-refractivity contribution is 0.0637. The first-order valence-electron chi connectivity index (χ1n) is 17.0. The Balaban J connectivity index is 1.14. The van der Waals surface area contributed by atoms with E-state index in [-0.39, 0.29) is 35.2 Å². The Hall–Kier alpha value is -5.43. The van der Waals surface area contributed by atoms with E-state index in [0.717, 1.165) is 56.6 Å². The third-order valence-electron chi connectivity index (χ3n) is 11.1. The summed E-state index contributed by atoms with van der Waals surface area (Å²) in [6.07, 6.45) is 5.74. The molecule has 6 aromatic rings. The molecular weight excluding hydrogens is 675 g/mol. The van der Waals surface area contributed by atoms with Crippen LogP contribution in [0.25, 0.3) is 32.0 Å². The van der Waals surface area contributed by atoms with Gasteiger partial charge in [-0.3, -0.25) is 9.78 Å². The van der Waals surface area contributed by atoms with Gasteiger partial charge in [-0.05, 0) is 91.3 Å². The number of aromatic amines is 1. The predicted molar refractivity (Wildman–Crippen MR) is 186 cm³/mol. The molecule has 256 valence electrons. The van der Waals surface area contributed by atoms with Gasteiger partial charge in [-0.1, -0.05) is 18.2 Å². The Morgan fingerprint density at radius 1 is 1.10 bits per heavy atom. The van der Waals surface area contributed by atoms with Crippen molar-refractivity contribution in [2.75, 3.05) is 19.0 Å². The molecule has 1 saturated carbocycles. The summed E-state index contributed by atoms with van der Waals surface area (Å²) in [5, 5.41) is 11.2. The van der Waals surface area contributed by atoms with E-state index in [9.17, 15) is 18.4 Å². The molecule has 0 radical (unpaired) electrons. The number of carbonyl (C=O) groups excluding carboxylic acids is 1. The number of H-pyrrole nitrogens is 1. The number of ether oxygens (including phenoxy) is 1. The number of anilines is 1. The van der Waals surface area contributed by atoms with E-state index in [1.165, 1.54) is 36.6 Å². The highest BCUT2D eigenvalue weighted by atomic mass is 32.1. The second-order valence-electron chi connectivity index (χ2n) is 13.9. The molecule has 1 atom stereocenters. The third-order valence-corrected chi connectivity index (χ3v) is 12.3. The fourth-order valence-corrected chi connectivity index (χ4v) is 10.1. The molecule has 10 nitrogen and oxygen atoms in total. The highest BCUT2D eigenvalue weighted by Gasteiger charge is 2.65. The molecule has 2 N–H and O–H groups in total. The number of methoxy groups -OCH3 is 1. The van der Waals surface area contributed by atoms with Crippen molar-refractivity contribution in [3.05, 3.63) is 111 Å². The minimum absolute atomic E-state index is 0.0426. The average Bonchev–Trinajstić information content (AvgIpc) is 3.95. The molecule has 2 bridgehead atoms. The van der Waals surface area contributed by atoms with E-state index in [1.54, 1.807) is 18.3 Å². The lowest BCUT2D eigenvalue weighted by Gasteiger charge is -2.37. The number of aryl methyl sites for hydroxylation is 2. The summed E-state index contributed by atoms with van der Waals surface area (Å²) in [4.78, 5) is 39.5. The molecule has 11 rings (SSSR count). The summed E-state index contributed by atoms with van der Waals surface area (Å²) in [5.41, 5.74) is 5.16. The van der Waals surface area contributed by atoms with Crippen LogP contribution in [-0.4, -0.2) is 44.6 Å². The minimum Gasteiger partial charge on any atom is -0.493 e. The van der Waals surface area contributed by atoms with Gasteiger partial charge >= 0.3 is 5.76 Å². The molecule has 2 saturated heterocycles. The first kappa shape index (κ1) is 30.4. The second-order valence-corrected chi connectivity index (χ2v) is 14.9. The molecule has 2 aliphatic carbocycles. The van der Waals surface area contributed by atoms with Crippen LogP contribution in [0.4, 0.5) is 14.6 Å². The van der Waals surface area contributed by atoms with Gasteiger partial charge in [-0.25, -0.2) is 23.7 Å². The first-order valence-corrected chi connectivity index (χ1v) is 17.8. The normalized spacial score (nSPS) is 21.2. The van der Waals surface area contributed by atoms with Gasteiger partial charge in [0.2, 0.25) is 0 Å². The molecule has 4 aromatic heterocycles. The van der Waals surface area contributed by atoms with Crippen molar-refractivity contribution in [2.45, 2.75) is 50.1 Å². The van der Waals surface area contributed by atoms with Crippen LogP contribution in [0.1, 0.15) is 63.7 Å². The van der Waals surface area contributed by atoms with Gasteiger partial charge in [0, 0.05) is 28.7 Å². The topological polar surface area (TPSA) is 126 Å². The summed E-state index contributed by atoms with van der Waals surface area (Å²) in [6, 6.07) is 13.6. The zero-order valence-corrected chi connectivity index (χ0v) is 28.2. The molecular formula is C38H30F2N6O4S. The van der Waals surface area contributed by atoms with E-state index in [4.69, 9.17) is 19.1 Å². The number of aromatic nitrogens is 4. The van der Waals surface area contributed by atoms with Crippen LogP contribution in [-0.2, 0) is 24.8 Å². The molecule has 7 heterocycles. The highest BCUT2D eigenvalue weighted by Crippen LogP contribution is 2.63. The van der Waals surface area contributed by atoms with Gasteiger partial charge in [0.05, 0.1) is 45.9 Å². The standard InChI is InChI=1S/C38H30F2N6O4S/c1-49-31-23-7-10-25(22(23)6-8-24(31)40)43-34-32-20(11-12-41-34)14-27(51-32)29-28(35-44-45-37(48)50-35)26(9-5-18-3-2-4-21(39)13-18)42-33-30(29)36(47)46-17-19-15-38(33,46)16-19/h2-4,6,8,11-14,19,25H,5,7,9-10,15-17H2,1H3,(H,41,43)(H,45,48). The van der Waals surface area contributed by atoms with Gasteiger partial charge in [0.15, 0.2) is 11.6 Å². The fourth-order valence-electron chi connectivity index (χ4n) is 8.91. The van der Waals surface area contributed by atoms with Gasteiger partial charge in [-0.15, -0.1) is 16.4 Å². The van der Waals surface area contributed by atoms with Crippen LogP contribution >= 0.6 is 11.3 Å². The summed E-state index contributed by atoms with van der Waals surface area (Å²) in [6.45, 7) is 0.683.